The highest BCUT2D eigenvalue weighted by Gasteiger charge is 2.43. The first-order valence-corrected chi connectivity index (χ1v) is 7.51. The van der Waals surface area contributed by atoms with Crippen molar-refractivity contribution in [1.29, 1.82) is 0 Å². The van der Waals surface area contributed by atoms with Crippen LogP contribution in [0.2, 0.25) is 5.28 Å². The summed E-state index contributed by atoms with van der Waals surface area (Å²) in [6.45, 7) is 4.24. The van der Waals surface area contributed by atoms with E-state index in [4.69, 9.17) is 11.6 Å². The van der Waals surface area contributed by atoms with Crippen molar-refractivity contribution in [2.75, 3.05) is 0 Å². The van der Waals surface area contributed by atoms with Crippen molar-refractivity contribution in [1.82, 2.24) is 19.5 Å². The van der Waals surface area contributed by atoms with E-state index >= 15 is 0 Å². The summed E-state index contributed by atoms with van der Waals surface area (Å²) in [4.78, 5) is 12.8. The lowest BCUT2D eigenvalue weighted by molar-refractivity contribution is 0.332. The van der Waals surface area contributed by atoms with Gasteiger partial charge in [0.1, 0.15) is 11.3 Å². The van der Waals surface area contributed by atoms with Crippen LogP contribution in [0, 0.1) is 5.82 Å². The molecule has 0 fully saturated rings. The monoisotopic (exact) mass is 316 g/mol. The van der Waals surface area contributed by atoms with Crippen LogP contribution in [0.3, 0.4) is 0 Å². The zero-order valence-corrected chi connectivity index (χ0v) is 13.0. The van der Waals surface area contributed by atoms with Crippen LogP contribution in [0.1, 0.15) is 31.3 Å². The molecule has 0 N–H and O–H groups in total. The van der Waals surface area contributed by atoms with E-state index in [1.165, 1.54) is 6.07 Å². The van der Waals surface area contributed by atoms with Crippen LogP contribution in [-0.2, 0) is 12.0 Å². The molecule has 3 aromatic rings. The molecule has 4 rings (SSSR count). The number of fused-ring (bicyclic) bond motifs is 3. The summed E-state index contributed by atoms with van der Waals surface area (Å²) >= 11 is 5.92. The molecule has 22 heavy (non-hydrogen) atoms. The van der Waals surface area contributed by atoms with Gasteiger partial charge < -0.3 is 4.57 Å². The summed E-state index contributed by atoms with van der Waals surface area (Å²) in [6, 6.07) is 6.96. The molecule has 1 unspecified atom stereocenters. The summed E-state index contributed by atoms with van der Waals surface area (Å²) in [5.41, 5.74) is 1.88. The molecule has 0 radical (unpaired) electrons. The lowest BCUT2D eigenvalue weighted by Gasteiger charge is -2.29. The summed E-state index contributed by atoms with van der Waals surface area (Å²) in [6.07, 6.45) is 2.37. The number of para-hydroxylation sites is 1. The van der Waals surface area contributed by atoms with Crippen molar-refractivity contribution in [2.24, 2.45) is 0 Å². The lowest BCUT2D eigenvalue weighted by atomic mass is 9.85. The van der Waals surface area contributed by atoms with Crippen molar-refractivity contribution < 1.29 is 4.39 Å². The van der Waals surface area contributed by atoms with E-state index < -0.39 is 0 Å². The molecule has 0 amide bonds. The van der Waals surface area contributed by atoms with Crippen LogP contribution >= 0.6 is 11.6 Å². The van der Waals surface area contributed by atoms with Gasteiger partial charge in [-0.1, -0.05) is 6.07 Å². The predicted molar refractivity (Wildman–Crippen MR) is 82.5 cm³/mol. The number of halogens is 2. The minimum atomic E-state index is -0.281. The molecule has 0 spiro atoms. The van der Waals surface area contributed by atoms with Gasteiger partial charge in [-0.05, 0) is 43.6 Å². The molecule has 112 valence electrons. The Morgan fingerprint density at radius 1 is 1.27 bits per heavy atom. The van der Waals surface area contributed by atoms with Gasteiger partial charge in [-0.25, -0.2) is 19.3 Å². The van der Waals surface area contributed by atoms with Gasteiger partial charge in [0.05, 0.1) is 11.2 Å². The second-order valence-corrected chi connectivity index (χ2v) is 6.47. The van der Waals surface area contributed by atoms with E-state index in [0.717, 1.165) is 17.0 Å². The van der Waals surface area contributed by atoms with Gasteiger partial charge in [0, 0.05) is 24.1 Å². The molecule has 1 aliphatic rings. The minimum absolute atomic E-state index is 0.128. The summed E-state index contributed by atoms with van der Waals surface area (Å²) in [7, 11) is 0. The first-order valence-electron chi connectivity index (χ1n) is 7.13. The fourth-order valence-corrected chi connectivity index (χ4v) is 3.64. The summed E-state index contributed by atoms with van der Waals surface area (Å²) < 4.78 is 16.1. The van der Waals surface area contributed by atoms with Crippen molar-refractivity contribution in [3.8, 4) is 0 Å². The number of hydrogen-bond acceptors (Lipinski definition) is 3. The van der Waals surface area contributed by atoms with Crippen molar-refractivity contribution in [3.05, 3.63) is 53.1 Å². The van der Waals surface area contributed by atoms with Crippen molar-refractivity contribution >= 4 is 22.6 Å². The first kappa shape index (κ1) is 13.6. The smallest absolute Gasteiger partial charge is 0.222 e. The Morgan fingerprint density at radius 3 is 2.86 bits per heavy atom. The normalized spacial score (nSPS) is 19.5. The van der Waals surface area contributed by atoms with E-state index in [0.29, 0.717) is 11.9 Å². The van der Waals surface area contributed by atoms with Crippen LogP contribution in [-0.4, -0.2) is 19.5 Å². The molecule has 0 aliphatic carbocycles. The zero-order chi connectivity index (χ0) is 15.5. The van der Waals surface area contributed by atoms with Crippen molar-refractivity contribution in [2.45, 2.75) is 31.7 Å². The molecule has 3 heterocycles. The maximum Gasteiger partial charge on any atom is 0.222 e. The Hall–Kier alpha value is -2.01. The van der Waals surface area contributed by atoms with Gasteiger partial charge in [0.15, 0.2) is 5.82 Å². The van der Waals surface area contributed by atoms with E-state index in [2.05, 4.69) is 33.4 Å². The lowest BCUT2D eigenvalue weighted by Crippen LogP contribution is -2.29. The van der Waals surface area contributed by atoms with E-state index in [9.17, 15) is 4.39 Å². The summed E-state index contributed by atoms with van der Waals surface area (Å²) in [5, 5.41) is 0.244. The second-order valence-electron chi connectivity index (χ2n) is 6.13. The zero-order valence-electron chi connectivity index (χ0n) is 12.2. The number of aromatic nitrogens is 4. The Labute approximate surface area is 132 Å². The Morgan fingerprint density at radius 2 is 2.09 bits per heavy atom. The quantitative estimate of drug-likeness (QED) is 0.643. The molecule has 0 saturated heterocycles. The Kier molecular flexibility index (Phi) is 2.78. The third kappa shape index (κ3) is 1.78. The molecule has 2 aromatic heterocycles. The first-order chi connectivity index (χ1) is 10.5. The van der Waals surface area contributed by atoms with Gasteiger partial charge >= 0.3 is 0 Å². The van der Waals surface area contributed by atoms with Crippen LogP contribution in [0.15, 0.2) is 30.5 Å². The summed E-state index contributed by atoms with van der Waals surface area (Å²) in [5.74, 6) is 0.727. The number of hydrogen-bond donors (Lipinski definition) is 0. The topological polar surface area (TPSA) is 43.6 Å². The average molecular weight is 317 g/mol. The minimum Gasteiger partial charge on any atom is -0.322 e. The van der Waals surface area contributed by atoms with E-state index in [-0.39, 0.29) is 22.6 Å². The highest BCUT2D eigenvalue weighted by Crippen LogP contribution is 2.45. The van der Waals surface area contributed by atoms with Gasteiger partial charge in [0.2, 0.25) is 5.28 Å². The molecule has 1 atom stereocenters. The molecule has 6 heteroatoms. The Bertz CT molecular complexity index is 887. The fraction of sp³-hybridized carbons (Fsp3) is 0.312. The Balaban J connectivity index is 1.89. The van der Waals surface area contributed by atoms with Gasteiger partial charge in [-0.2, -0.15) is 0 Å². The third-order valence-corrected chi connectivity index (χ3v) is 4.71. The number of rotatable bonds is 1. The van der Waals surface area contributed by atoms with Crippen LogP contribution in [0.5, 0.6) is 0 Å². The van der Waals surface area contributed by atoms with Crippen LogP contribution in [0.4, 0.5) is 4.39 Å². The second kappa shape index (κ2) is 4.49. The molecule has 1 aliphatic heterocycles. The fourth-order valence-electron chi connectivity index (χ4n) is 3.49. The van der Waals surface area contributed by atoms with Crippen LogP contribution in [0.25, 0.3) is 11.0 Å². The highest BCUT2D eigenvalue weighted by molar-refractivity contribution is 6.28. The molecular formula is C16H14ClFN4. The van der Waals surface area contributed by atoms with Crippen molar-refractivity contribution in [3.63, 3.8) is 0 Å². The van der Waals surface area contributed by atoms with E-state index in [1.54, 1.807) is 12.3 Å². The predicted octanol–water partition coefficient (Wildman–Crippen LogP) is 3.69. The number of nitrogens with zero attached hydrogens (tertiary/aromatic N) is 4. The maximum absolute atomic E-state index is 14.0. The molecule has 0 saturated carbocycles. The standard InChI is InChI=1S/C16H14ClFN4/c1-16(2)9(11-6-7-19-15(17)20-11)8-13-21-14-10(18)4-3-5-12(14)22(13)16/h3-7,9H,8H2,1-2H3. The number of benzene rings is 1. The average Bonchev–Trinajstić information content (AvgIpc) is 2.96. The molecule has 4 nitrogen and oxygen atoms in total. The van der Waals surface area contributed by atoms with E-state index in [1.807, 2.05) is 12.1 Å². The largest absolute Gasteiger partial charge is 0.322 e. The SMILES string of the molecule is CC1(C)C(c2ccnc(Cl)n2)Cc2nc3c(F)cccc3n21. The van der Waals surface area contributed by atoms with Gasteiger partial charge in [-0.15, -0.1) is 0 Å². The van der Waals surface area contributed by atoms with Crippen LogP contribution < -0.4 is 0 Å². The highest BCUT2D eigenvalue weighted by atomic mass is 35.5. The van der Waals surface area contributed by atoms with Gasteiger partial charge in [0.25, 0.3) is 0 Å². The molecular weight excluding hydrogens is 303 g/mol. The molecule has 0 bridgehead atoms. The number of imidazole rings is 1. The maximum atomic E-state index is 14.0. The molecule has 1 aromatic carbocycles. The third-order valence-electron chi connectivity index (χ3n) is 4.53. The van der Waals surface area contributed by atoms with Gasteiger partial charge in [-0.3, -0.25) is 0 Å².